The highest BCUT2D eigenvalue weighted by Crippen LogP contribution is 2.44. The van der Waals surface area contributed by atoms with Gasteiger partial charge in [0.2, 0.25) is 5.91 Å². The fourth-order valence-corrected chi connectivity index (χ4v) is 5.00. The van der Waals surface area contributed by atoms with Crippen LogP contribution in [0.4, 0.5) is 10.8 Å². The molecule has 7 nitrogen and oxygen atoms in total. The van der Waals surface area contributed by atoms with Crippen LogP contribution in [0.5, 0.6) is 0 Å². The van der Waals surface area contributed by atoms with Gasteiger partial charge in [-0.25, -0.2) is 4.98 Å². The Balaban J connectivity index is 1.72. The SMILES string of the molecule is N#Cc1ccc2nc(N3C(=O)CSC3c3ccc([N+](=O)[O-])cc3)sc2c1. The van der Waals surface area contributed by atoms with Crippen LogP contribution in [0.2, 0.25) is 0 Å². The highest BCUT2D eigenvalue weighted by Gasteiger charge is 2.36. The lowest BCUT2D eigenvalue weighted by Gasteiger charge is -2.21. The van der Waals surface area contributed by atoms with Crippen molar-refractivity contribution in [3.8, 4) is 6.07 Å². The summed E-state index contributed by atoms with van der Waals surface area (Å²) in [6.45, 7) is 0. The quantitative estimate of drug-likeness (QED) is 0.504. The zero-order valence-electron chi connectivity index (χ0n) is 13.2. The van der Waals surface area contributed by atoms with Crippen molar-refractivity contribution in [1.82, 2.24) is 4.98 Å². The fourth-order valence-electron chi connectivity index (χ4n) is 2.72. The highest BCUT2D eigenvalue weighted by atomic mass is 32.2. The number of non-ortho nitro benzene ring substituents is 1. The van der Waals surface area contributed by atoms with E-state index in [0.29, 0.717) is 16.4 Å². The van der Waals surface area contributed by atoms with Gasteiger partial charge < -0.3 is 0 Å². The van der Waals surface area contributed by atoms with E-state index in [1.807, 2.05) is 0 Å². The van der Waals surface area contributed by atoms with Crippen molar-refractivity contribution in [2.24, 2.45) is 0 Å². The zero-order valence-corrected chi connectivity index (χ0v) is 14.8. The number of carbonyl (C=O) groups is 1. The molecule has 1 aliphatic heterocycles. The average Bonchev–Trinajstić information content (AvgIpc) is 3.23. The largest absolute Gasteiger partial charge is 0.273 e. The van der Waals surface area contributed by atoms with Gasteiger partial charge in [-0.2, -0.15) is 5.26 Å². The molecule has 1 fully saturated rings. The molecule has 4 rings (SSSR count). The van der Waals surface area contributed by atoms with Gasteiger partial charge in [0.15, 0.2) is 5.13 Å². The molecule has 1 aliphatic rings. The molecule has 0 bridgehead atoms. The Hall–Kier alpha value is -2.96. The van der Waals surface area contributed by atoms with Crippen LogP contribution in [0.1, 0.15) is 16.5 Å². The van der Waals surface area contributed by atoms with E-state index in [2.05, 4.69) is 11.1 Å². The van der Waals surface area contributed by atoms with Crippen molar-refractivity contribution in [3.05, 3.63) is 63.7 Å². The number of thiazole rings is 1. The number of nitrogens with zero attached hydrogens (tertiary/aromatic N) is 4. The number of nitro benzene ring substituents is 1. The number of rotatable bonds is 3. The van der Waals surface area contributed by atoms with E-state index in [4.69, 9.17) is 5.26 Å². The minimum atomic E-state index is -0.450. The summed E-state index contributed by atoms with van der Waals surface area (Å²) in [7, 11) is 0. The number of amides is 1. The summed E-state index contributed by atoms with van der Waals surface area (Å²) in [4.78, 5) is 29.0. The van der Waals surface area contributed by atoms with Gasteiger partial charge >= 0.3 is 0 Å². The summed E-state index contributed by atoms with van der Waals surface area (Å²) in [5.74, 6) is 0.263. The molecular formula is C17H10N4O3S2. The number of anilines is 1. The lowest BCUT2D eigenvalue weighted by atomic mass is 10.2. The Kier molecular flexibility index (Phi) is 4.06. The molecule has 1 unspecified atom stereocenters. The van der Waals surface area contributed by atoms with Gasteiger partial charge in [0.25, 0.3) is 5.69 Å². The van der Waals surface area contributed by atoms with Crippen LogP contribution >= 0.6 is 23.1 Å². The van der Waals surface area contributed by atoms with Crippen molar-refractivity contribution in [1.29, 1.82) is 5.26 Å². The van der Waals surface area contributed by atoms with Crippen LogP contribution in [-0.4, -0.2) is 21.6 Å². The van der Waals surface area contributed by atoms with E-state index in [0.717, 1.165) is 15.8 Å². The number of benzene rings is 2. The number of carbonyl (C=O) groups excluding carboxylic acids is 1. The van der Waals surface area contributed by atoms with E-state index in [-0.39, 0.29) is 17.0 Å². The van der Waals surface area contributed by atoms with Gasteiger partial charge in [0, 0.05) is 12.1 Å². The third kappa shape index (κ3) is 2.79. The van der Waals surface area contributed by atoms with E-state index in [9.17, 15) is 14.9 Å². The Labute approximate surface area is 156 Å². The molecule has 0 spiro atoms. The molecule has 1 amide bonds. The number of aromatic nitrogens is 1. The topological polar surface area (TPSA) is 100 Å². The van der Waals surface area contributed by atoms with Gasteiger partial charge in [0.05, 0.1) is 32.5 Å². The molecule has 0 aliphatic carbocycles. The molecule has 0 radical (unpaired) electrons. The maximum absolute atomic E-state index is 12.4. The second kappa shape index (κ2) is 6.40. The first-order valence-corrected chi connectivity index (χ1v) is 9.42. The van der Waals surface area contributed by atoms with Crippen LogP contribution in [-0.2, 0) is 4.79 Å². The Morgan fingerprint density at radius 3 is 2.73 bits per heavy atom. The molecule has 1 saturated heterocycles. The number of hydrogen-bond acceptors (Lipinski definition) is 7. The summed E-state index contributed by atoms with van der Waals surface area (Å²) < 4.78 is 0.839. The van der Waals surface area contributed by atoms with Gasteiger partial charge in [-0.3, -0.25) is 19.8 Å². The number of nitriles is 1. The lowest BCUT2D eigenvalue weighted by molar-refractivity contribution is -0.384. The minimum Gasteiger partial charge on any atom is -0.273 e. The molecule has 1 aromatic heterocycles. The summed E-state index contributed by atoms with van der Waals surface area (Å²) in [5, 5.41) is 20.1. The number of thioether (sulfide) groups is 1. The summed E-state index contributed by atoms with van der Waals surface area (Å²) in [6.07, 6.45) is 0. The van der Waals surface area contributed by atoms with E-state index < -0.39 is 4.92 Å². The molecule has 128 valence electrons. The number of hydrogen-bond donors (Lipinski definition) is 0. The van der Waals surface area contributed by atoms with Gasteiger partial charge in [0.1, 0.15) is 5.37 Å². The predicted molar refractivity (Wildman–Crippen MR) is 100 cm³/mol. The molecule has 26 heavy (non-hydrogen) atoms. The fraction of sp³-hybridized carbons (Fsp3) is 0.118. The van der Waals surface area contributed by atoms with E-state index in [1.54, 1.807) is 35.2 Å². The molecule has 2 heterocycles. The Bertz CT molecular complexity index is 1070. The van der Waals surface area contributed by atoms with Gasteiger partial charge in [-0.1, -0.05) is 11.3 Å². The van der Waals surface area contributed by atoms with Crippen molar-refractivity contribution >= 4 is 50.0 Å². The van der Waals surface area contributed by atoms with Gasteiger partial charge in [-0.05, 0) is 35.9 Å². The monoisotopic (exact) mass is 382 g/mol. The molecule has 3 aromatic rings. The van der Waals surface area contributed by atoms with Crippen LogP contribution in [0.3, 0.4) is 0 Å². The molecule has 9 heteroatoms. The van der Waals surface area contributed by atoms with Crippen LogP contribution < -0.4 is 4.90 Å². The molecule has 0 N–H and O–H groups in total. The van der Waals surface area contributed by atoms with Crippen LogP contribution in [0, 0.1) is 21.4 Å². The first-order valence-electron chi connectivity index (χ1n) is 7.55. The number of nitro groups is 1. The highest BCUT2D eigenvalue weighted by molar-refractivity contribution is 8.00. The third-order valence-corrected chi connectivity index (χ3v) is 6.20. The maximum Gasteiger partial charge on any atom is 0.269 e. The third-order valence-electron chi connectivity index (χ3n) is 3.97. The van der Waals surface area contributed by atoms with Crippen LogP contribution in [0.25, 0.3) is 10.2 Å². The van der Waals surface area contributed by atoms with E-state index >= 15 is 0 Å². The predicted octanol–water partition coefficient (Wildman–Crippen LogP) is 3.85. The second-order valence-electron chi connectivity index (χ2n) is 5.57. The molecular weight excluding hydrogens is 372 g/mol. The number of fused-ring (bicyclic) bond motifs is 1. The van der Waals surface area contributed by atoms with Crippen molar-refractivity contribution in [2.45, 2.75) is 5.37 Å². The smallest absolute Gasteiger partial charge is 0.269 e. The zero-order chi connectivity index (χ0) is 18.3. The molecule has 1 atom stereocenters. The normalized spacial score (nSPS) is 16.8. The summed E-state index contributed by atoms with van der Waals surface area (Å²) >= 11 is 2.81. The minimum absolute atomic E-state index is 0.0126. The second-order valence-corrected chi connectivity index (χ2v) is 7.64. The Morgan fingerprint density at radius 2 is 2.04 bits per heavy atom. The summed E-state index contributed by atoms with van der Waals surface area (Å²) in [5.41, 5.74) is 2.10. The standard InChI is InChI=1S/C17H10N4O3S2/c18-8-10-1-6-13-14(7-10)26-17(19-13)20-15(22)9-25-16(20)11-2-4-12(5-3-11)21(23)24/h1-7,16H,9H2. The lowest BCUT2D eigenvalue weighted by Crippen LogP contribution is -2.27. The Morgan fingerprint density at radius 1 is 1.27 bits per heavy atom. The van der Waals surface area contributed by atoms with Crippen molar-refractivity contribution < 1.29 is 9.72 Å². The molecule has 0 saturated carbocycles. The van der Waals surface area contributed by atoms with Crippen LogP contribution in [0.15, 0.2) is 42.5 Å². The first kappa shape index (κ1) is 16.5. The molecule has 2 aromatic carbocycles. The van der Waals surface area contributed by atoms with Crippen molar-refractivity contribution in [3.63, 3.8) is 0 Å². The van der Waals surface area contributed by atoms with Gasteiger partial charge in [-0.15, -0.1) is 11.8 Å². The first-order chi connectivity index (χ1) is 12.6. The average molecular weight is 382 g/mol. The summed E-state index contributed by atoms with van der Waals surface area (Å²) in [6, 6.07) is 13.5. The van der Waals surface area contributed by atoms with Crippen molar-refractivity contribution in [2.75, 3.05) is 10.7 Å². The maximum atomic E-state index is 12.4. The van der Waals surface area contributed by atoms with E-state index in [1.165, 1.54) is 35.2 Å².